The molecule has 0 aromatic carbocycles. The van der Waals surface area contributed by atoms with Crippen LogP contribution in [0.4, 0.5) is 0 Å². The van der Waals surface area contributed by atoms with Crippen LogP contribution in [0.2, 0.25) is 0 Å². The van der Waals surface area contributed by atoms with Crippen molar-refractivity contribution in [3.05, 3.63) is 42.2 Å². The SMILES string of the molecule is COCc1ccoc1.COCc1cnoc1. The molecule has 0 atom stereocenters. The zero-order chi connectivity index (χ0) is 11.6. The molecule has 0 fully saturated rings. The molecule has 0 saturated carbocycles. The van der Waals surface area contributed by atoms with E-state index in [2.05, 4.69) is 9.68 Å². The molecule has 5 heteroatoms. The topological polar surface area (TPSA) is 57.6 Å². The van der Waals surface area contributed by atoms with Gasteiger partial charge in [-0.25, -0.2) is 0 Å². The van der Waals surface area contributed by atoms with Crippen LogP contribution in [0.1, 0.15) is 11.1 Å². The summed E-state index contributed by atoms with van der Waals surface area (Å²) in [5, 5.41) is 3.49. The molecule has 2 rings (SSSR count). The molecule has 0 spiro atoms. The number of rotatable bonds is 4. The zero-order valence-electron chi connectivity index (χ0n) is 9.38. The summed E-state index contributed by atoms with van der Waals surface area (Å²) in [6.45, 7) is 1.21. The average molecular weight is 225 g/mol. The van der Waals surface area contributed by atoms with Crippen molar-refractivity contribution in [1.82, 2.24) is 5.16 Å². The third-order valence-electron chi connectivity index (χ3n) is 1.69. The Morgan fingerprint density at radius 1 is 1.12 bits per heavy atom. The van der Waals surface area contributed by atoms with Gasteiger partial charge in [0.05, 0.1) is 31.9 Å². The highest BCUT2D eigenvalue weighted by atomic mass is 16.5. The van der Waals surface area contributed by atoms with Crippen molar-refractivity contribution in [3.63, 3.8) is 0 Å². The maximum atomic E-state index is 4.83. The number of methoxy groups -OCH3 is 2. The molecule has 2 heterocycles. The van der Waals surface area contributed by atoms with Crippen molar-refractivity contribution in [3.8, 4) is 0 Å². The maximum Gasteiger partial charge on any atom is 0.129 e. The predicted molar refractivity (Wildman–Crippen MR) is 56.6 cm³/mol. The van der Waals surface area contributed by atoms with Crippen molar-refractivity contribution >= 4 is 0 Å². The van der Waals surface area contributed by atoms with Gasteiger partial charge in [0.25, 0.3) is 0 Å². The van der Waals surface area contributed by atoms with E-state index in [1.54, 1.807) is 39.2 Å². The zero-order valence-corrected chi connectivity index (χ0v) is 9.38. The Bertz CT molecular complexity index is 306. The van der Waals surface area contributed by atoms with E-state index in [1.807, 2.05) is 6.07 Å². The second-order valence-electron chi connectivity index (χ2n) is 3.03. The lowest BCUT2D eigenvalue weighted by molar-refractivity contribution is 0.184. The molecule has 0 bridgehead atoms. The van der Waals surface area contributed by atoms with Gasteiger partial charge in [0.1, 0.15) is 6.26 Å². The first-order valence-electron chi connectivity index (χ1n) is 4.74. The summed E-state index contributed by atoms with van der Waals surface area (Å²) >= 11 is 0. The number of aromatic nitrogens is 1. The molecule has 2 aromatic rings. The molecule has 2 aromatic heterocycles. The van der Waals surface area contributed by atoms with Crippen LogP contribution in [-0.4, -0.2) is 19.4 Å². The Morgan fingerprint density at radius 3 is 2.38 bits per heavy atom. The van der Waals surface area contributed by atoms with E-state index in [9.17, 15) is 0 Å². The minimum absolute atomic E-state index is 0.573. The minimum Gasteiger partial charge on any atom is -0.472 e. The highest BCUT2D eigenvalue weighted by Gasteiger charge is 1.90. The van der Waals surface area contributed by atoms with Gasteiger partial charge >= 0.3 is 0 Å². The summed E-state index contributed by atoms with van der Waals surface area (Å²) in [5.74, 6) is 0. The van der Waals surface area contributed by atoms with Crippen LogP contribution in [0, 0.1) is 0 Å². The van der Waals surface area contributed by atoms with Gasteiger partial charge in [0, 0.05) is 25.3 Å². The molecule has 0 radical (unpaired) electrons. The Morgan fingerprint density at radius 2 is 1.88 bits per heavy atom. The lowest BCUT2D eigenvalue weighted by Gasteiger charge is -1.88. The first-order chi connectivity index (χ1) is 7.86. The van der Waals surface area contributed by atoms with Crippen LogP contribution in [0.25, 0.3) is 0 Å². The Balaban J connectivity index is 0.000000160. The van der Waals surface area contributed by atoms with Gasteiger partial charge in [-0.3, -0.25) is 0 Å². The second-order valence-corrected chi connectivity index (χ2v) is 3.03. The molecule has 16 heavy (non-hydrogen) atoms. The van der Waals surface area contributed by atoms with Gasteiger partial charge in [-0.2, -0.15) is 0 Å². The number of hydrogen-bond acceptors (Lipinski definition) is 5. The number of nitrogens with zero attached hydrogens (tertiary/aromatic N) is 1. The highest BCUT2D eigenvalue weighted by Crippen LogP contribution is 1.99. The van der Waals surface area contributed by atoms with Gasteiger partial charge in [-0.05, 0) is 6.07 Å². The molecule has 0 aliphatic rings. The van der Waals surface area contributed by atoms with Crippen molar-refractivity contribution in [1.29, 1.82) is 0 Å². The largest absolute Gasteiger partial charge is 0.472 e. The summed E-state index contributed by atoms with van der Waals surface area (Å²) in [6, 6.07) is 1.88. The molecule has 0 saturated heterocycles. The third kappa shape index (κ3) is 4.77. The standard InChI is InChI=1S/C6H8O2.C5H7NO2/c1-7-4-6-2-3-8-5-6;1-7-3-5-2-6-8-4-5/h2-3,5H,4H2,1H3;2,4H,3H2,1H3. The summed E-state index contributed by atoms with van der Waals surface area (Å²) in [4.78, 5) is 0. The minimum atomic E-state index is 0.573. The molecule has 5 nitrogen and oxygen atoms in total. The average Bonchev–Trinajstić information content (AvgIpc) is 2.92. The Kier molecular flexibility index (Phi) is 5.98. The number of ether oxygens (including phenoxy) is 2. The van der Waals surface area contributed by atoms with E-state index in [4.69, 9.17) is 13.9 Å². The lowest BCUT2D eigenvalue weighted by Crippen LogP contribution is -1.81. The Labute approximate surface area is 93.9 Å². The van der Waals surface area contributed by atoms with Crippen LogP contribution < -0.4 is 0 Å². The lowest BCUT2D eigenvalue weighted by atomic mass is 10.4. The summed E-state index contributed by atoms with van der Waals surface area (Å²) in [7, 11) is 3.29. The quantitative estimate of drug-likeness (QED) is 0.798. The van der Waals surface area contributed by atoms with E-state index in [0.717, 1.165) is 11.1 Å². The molecule has 0 aliphatic heterocycles. The summed E-state index contributed by atoms with van der Waals surface area (Å²) in [6.07, 6.45) is 6.49. The van der Waals surface area contributed by atoms with Crippen LogP contribution in [0.15, 0.2) is 40.0 Å². The molecule has 0 unspecified atom stereocenters. The van der Waals surface area contributed by atoms with Gasteiger partial charge in [-0.15, -0.1) is 0 Å². The fourth-order valence-corrected chi connectivity index (χ4v) is 1.01. The van der Waals surface area contributed by atoms with Crippen LogP contribution in [0.5, 0.6) is 0 Å². The number of hydrogen-bond donors (Lipinski definition) is 0. The van der Waals surface area contributed by atoms with E-state index >= 15 is 0 Å². The fraction of sp³-hybridized carbons (Fsp3) is 0.364. The van der Waals surface area contributed by atoms with Crippen molar-refractivity contribution in [2.75, 3.05) is 14.2 Å². The number of furan rings is 1. The first kappa shape index (κ1) is 12.5. The normalized spacial score (nSPS) is 9.62. The van der Waals surface area contributed by atoms with E-state index < -0.39 is 0 Å². The van der Waals surface area contributed by atoms with Gasteiger partial charge in [0.15, 0.2) is 0 Å². The van der Waals surface area contributed by atoms with Crippen LogP contribution in [-0.2, 0) is 22.7 Å². The fourth-order valence-electron chi connectivity index (χ4n) is 1.01. The van der Waals surface area contributed by atoms with E-state index in [-0.39, 0.29) is 0 Å². The smallest absolute Gasteiger partial charge is 0.129 e. The second kappa shape index (κ2) is 7.67. The van der Waals surface area contributed by atoms with Crippen molar-refractivity contribution in [2.45, 2.75) is 13.2 Å². The molecular weight excluding hydrogens is 210 g/mol. The summed E-state index contributed by atoms with van der Waals surface area (Å²) < 4.78 is 18.9. The van der Waals surface area contributed by atoms with Gasteiger partial charge in [-0.1, -0.05) is 5.16 Å². The van der Waals surface area contributed by atoms with E-state index in [1.165, 1.54) is 0 Å². The Hall–Kier alpha value is -1.59. The maximum absolute atomic E-state index is 4.83. The molecule has 0 amide bonds. The van der Waals surface area contributed by atoms with Gasteiger partial charge in [0.2, 0.25) is 0 Å². The predicted octanol–water partition coefficient (Wildman–Crippen LogP) is 2.25. The monoisotopic (exact) mass is 225 g/mol. The molecule has 88 valence electrons. The van der Waals surface area contributed by atoms with Crippen molar-refractivity contribution < 1.29 is 18.4 Å². The first-order valence-corrected chi connectivity index (χ1v) is 4.74. The van der Waals surface area contributed by atoms with E-state index in [0.29, 0.717) is 13.2 Å². The van der Waals surface area contributed by atoms with Crippen LogP contribution >= 0.6 is 0 Å². The van der Waals surface area contributed by atoms with Crippen LogP contribution in [0.3, 0.4) is 0 Å². The molecule has 0 aliphatic carbocycles. The van der Waals surface area contributed by atoms with Gasteiger partial charge < -0.3 is 18.4 Å². The molecular formula is C11H15NO4. The molecule has 0 N–H and O–H groups in total. The third-order valence-corrected chi connectivity index (χ3v) is 1.69. The van der Waals surface area contributed by atoms with Crippen molar-refractivity contribution in [2.24, 2.45) is 0 Å². The summed E-state index contributed by atoms with van der Waals surface area (Å²) in [5.41, 5.74) is 2.04. The highest BCUT2D eigenvalue weighted by molar-refractivity contribution is 5.02.